The van der Waals surface area contributed by atoms with Gasteiger partial charge in [0.25, 0.3) is 0 Å². The first-order chi connectivity index (χ1) is 10.1. The Labute approximate surface area is 127 Å². The molecule has 0 radical (unpaired) electrons. The van der Waals surface area contributed by atoms with E-state index >= 15 is 0 Å². The van der Waals surface area contributed by atoms with E-state index < -0.39 is 5.82 Å². The molecule has 2 aromatic rings. The van der Waals surface area contributed by atoms with Crippen LogP contribution in [0.15, 0.2) is 36.4 Å². The zero-order valence-electron chi connectivity index (χ0n) is 11.8. The third kappa shape index (κ3) is 3.52. The molecule has 0 saturated heterocycles. The van der Waals surface area contributed by atoms with E-state index in [0.717, 1.165) is 5.56 Å². The lowest BCUT2D eigenvalue weighted by Crippen LogP contribution is -2.22. The summed E-state index contributed by atoms with van der Waals surface area (Å²) in [6, 6.07) is 8.44. The molecule has 1 N–H and O–H groups in total. The van der Waals surface area contributed by atoms with Crippen LogP contribution in [-0.2, 0) is 0 Å². The van der Waals surface area contributed by atoms with E-state index in [0.29, 0.717) is 17.9 Å². The minimum absolute atomic E-state index is 0.0331. The molecule has 0 heterocycles. The van der Waals surface area contributed by atoms with Crippen molar-refractivity contribution < 1.29 is 13.5 Å². The third-order valence-corrected chi connectivity index (χ3v) is 3.48. The van der Waals surface area contributed by atoms with Gasteiger partial charge < -0.3 is 10.1 Å². The second-order valence-corrected chi connectivity index (χ2v) is 4.96. The molecule has 1 unspecified atom stereocenters. The van der Waals surface area contributed by atoms with E-state index in [1.807, 2.05) is 6.92 Å². The Kier molecular flexibility index (Phi) is 5.15. The molecule has 2 aromatic carbocycles. The molecule has 112 valence electrons. The summed E-state index contributed by atoms with van der Waals surface area (Å²) in [5.41, 5.74) is 1.38. The molecule has 2 nitrogen and oxygen atoms in total. The summed E-state index contributed by atoms with van der Waals surface area (Å²) in [5, 5.41) is 3.27. The summed E-state index contributed by atoms with van der Waals surface area (Å²) in [5.74, 6) is -0.286. The van der Waals surface area contributed by atoms with Gasteiger partial charge in [-0.3, -0.25) is 0 Å². The van der Waals surface area contributed by atoms with Crippen molar-refractivity contribution >= 4 is 11.6 Å². The van der Waals surface area contributed by atoms with Crippen molar-refractivity contribution in [3.05, 3.63) is 64.2 Å². The molecule has 2 rings (SSSR count). The topological polar surface area (TPSA) is 21.3 Å². The number of rotatable bonds is 5. The monoisotopic (exact) mass is 311 g/mol. The number of benzene rings is 2. The minimum atomic E-state index is -0.484. The SMILES string of the molecule is CCNC(c1ccc(F)c(Cl)c1)c1cc(F)ccc1OC. The van der Waals surface area contributed by atoms with Gasteiger partial charge in [0.15, 0.2) is 0 Å². The summed E-state index contributed by atoms with van der Waals surface area (Å²) in [7, 11) is 1.53. The maximum atomic E-state index is 13.6. The summed E-state index contributed by atoms with van der Waals surface area (Å²) >= 11 is 5.84. The van der Waals surface area contributed by atoms with Gasteiger partial charge in [-0.1, -0.05) is 24.6 Å². The average Bonchev–Trinajstić information content (AvgIpc) is 2.48. The highest BCUT2D eigenvalue weighted by atomic mass is 35.5. The molecular weight excluding hydrogens is 296 g/mol. The quantitative estimate of drug-likeness (QED) is 0.887. The summed E-state index contributed by atoms with van der Waals surface area (Å²) in [6.07, 6.45) is 0. The molecule has 0 aliphatic carbocycles. The van der Waals surface area contributed by atoms with E-state index in [-0.39, 0.29) is 16.9 Å². The van der Waals surface area contributed by atoms with Crippen molar-refractivity contribution in [2.75, 3.05) is 13.7 Å². The van der Waals surface area contributed by atoms with Crippen LogP contribution in [0, 0.1) is 11.6 Å². The van der Waals surface area contributed by atoms with Gasteiger partial charge in [-0.25, -0.2) is 8.78 Å². The Balaban J connectivity index is 2.52. The highest BCUT2D eigenvalue weighted by Gasteiger charge is 2.19. The number of hydrogen-bond acceptors (Lipinski definition) is 2. The minimum Gasteiger partial charge on any atom is -0.496 e. The first-order valence-corrected chi connectivity index (χ1v) is 6.96. The van der Waals surface area contributed by atoms with Crippen LogP contribution in [0.2, 0.25) is 5.02 Å². The van der Waals surface area contributed by atoms with E-state index in [9.17, 15) is 8.78 Å². The van der Waals surface area contributed by atoms with Crippen molar-refractivity contribution in [2.24, 2.45) is 0 Å². The van der Waals surface area contributed by atoms with E-state index in [4.69, 9.17) is 16.3 Å². The van der Waals surface area contributed by atoms with Gasteiger partial charge in [0, 0.05) is 5.56 Å². The Morgan fingerprint density at radius 1 is 1.19 bits per heavy atom. The number of nitrogens with one attached hydrogen (secondary N) is 1. The number of halogens is 3. The average molecular weight is 312 g/mol. The Morgan fingerprint density at radius 2 is 1.95 bits per heavy atom. The van der Waals surface area contributed by atoms with Crippen LogP contribution in [0.5, 0.6) is 5.75 Å². The standard InChI is InChI=1S/C16H16ClF2NO/c1-3-20-16(10-4-6-14(19)13(17)8-10)12-9-11(18)5-7-15(12)21-2/h4-9,16,20H,3H2,1-2H3. The lowest BCUT2D eigenvalue weighted by Gasteiger charge is -2.21. The molecule has 5 heteroatoms. The van der Waals surface area contributed by atoms with Crippen molar-refractivity contribution in [2.45, 2.75) is 13.0 Å². The highest BCUT2D eigenvalue weighted by Crippen LogP contribution is 2.32. The maximum Gasteiger partial charge on any atom is 0.141 e. The van der Waals surface area contributed by atoms with Gasteiger partial charge in [-0.05, 0) is 42.4 Å². The Bertz CT molecular complexity index is 634. The molecule has 0 fully saturated rings. The van der Waals surface area contributed by atoms with Crippen LogP contribution in [0.4, 0.5) is 8.78 Å². The second-order valence-electron chi connectivity index (χ2n) is 4.55. The molecule has 21 heavy (non-hydrogen) atoms. The van der Waals surface area contributed by atoms with Gasteiger partial charge in [-0.2, -0.15) is 0 Å². The maximum absolute atomic E-state index is 13.6. The van der Waals surface area contributed by atoms with Crippen LogP contribution < -0.4 is 10.1 Å². The Hall–Kier alpha value is -1.65. The molecule has 0 aliphatic rings. The van der Waals surface area contributed by atoms with Crippen LogP contribution >= 0.6 is 11.6 Å². The second kappa shape index (κ2) is 6.87. The largest absolute Gasteiger partial charge is 0.496 e. The first-order valence-electron chi connectivity index (χ1n) is 6.58. The molecule has 0 aromatic heterocycles. The third-order valence-electron chi connectivity index (χ3n) is 3.19. The molecule has 0 bridgehead atoms. The first kappa shape index (κ1) is 15.7. The smallest absolute Gasteiger partial charge is 0.141 e. The Morgan fingerprint density at radius 3 is 2.57 bits per heavy atom. The van der Waals surface area contributed by atoms with Crippen molar-refractivity contribution in [3.8, 4) is 5.75 Å². The van der Waals surface area contributed by atoms with Crippen molar-refractivity contribution in [1.29, 1.82) is 0 Å². The van der Waals surface area contributed by atoms with Crippen LogP contribution in [0.1, 0.15) is 24.1 Å². The fraction of sp³-hybridized carbons (Fsp3) is 0.250. The zero-order chi connectivity index (χ0) is 15.4. The highest BCUT2D eigenvalue weighted by molar-refractivity contribution is 6.30. The molecule has 0 spiro atoms. The van der Waals surface area contributed by atoms with Gasteiger partial charge in [0.1, 0.15) is 17.4 Å². The van der Waals surface area contributed by atoms with Crippen molar-refractivity contribution in [1.82, 2.24) is 5.32 Å². The van der Waals surface area contributed by atoms with Crippen LogP contribution in [0.3, 0.4) is 0 Å². The van der Waals surface area contributed by atoms with Crippen LogP contribution in [0.25, 0.3) is 0 Å². The lowest BCUT2D eigenvalue weighted by molar-refractivity contribution is 0.402. The van der Waals surface area contributed by atoms with Gasteiger partial charge in [-0.15, -0.1) is 0 Å². The summed E-state index contributed by atoms with van der Waals surface area (Å²) in [4.78, 5) is 0. The van der Waals surface area contributed by atoms with Gasteiger partial charge in [0.05, 0.1) is 18.2 Å². The number of hydrogen-bond donors (Lipinski definition) is 1. The fourth-order valence-electron chi connectivity index (χ4n) is 2.23. The van der Waals surface area contributed by atoms with Crippen LogP contribution in [-0.4, -0.2) is 13.7 Å². The van der Waals surface area contributed by atoms with E-state index in [1.54, 1.807) is 12.1 Å². The normalized spacial score (nSPS) is 12.2. The lowest BCUT2D eigenvalue weighted by atomic mass is 9.97. The molecule has 0 amide bonds. The summed E-state index contributed by atoms with van der Waals surface area (Å²) < 4.78 is 32.2. The zero-order valence-corrected chi connectivity index (χ0v) is 12.5. The van der Waals surface area contributed by atoms with Crippen molar-refractivity contribution in [3.63, 3.8) is 0 Å². The number of methoxy groups -OCH3 is 1. The molecule has 0 aliphatic heterocycles. The molecule has 1 atom stereocenters. The fourth-order valence-corrected chi connectivity index (χ4v) is 2.42. The predicted molar refractivity (Wildman–Crippen MR) is 79.9 cm³/mol. The van der Waals surface area contributed by atoms with E-state index in [1.165, 1.54) is 31.4 Å². The predicted octanol–water partition coefficient (Wildman–Crippen LogP) is 4.33. The van der Waals surface area contributed by atoms with Gasteiger partial charge in [0.2, 0.25) is 0 Å². The molecular formula is C16H16ClF2NO. The van der Waals surface area contributed by atoms with E-state index in [2.05, 4.69) is 5.32 Å². The molecule has 0 saturated carbocycles. The summed E-state index contributed by atoms with van der Waals surface area (Å²) in [6.45, 7) is 2.59. The van der Waals surface area contributed by atoms with Gasteiger partial charge >= 0.3 is 0 Å². The number of ether oxygens (including phenoxy) is 1.